The Kier molecular flexibility index (Phi) is 1.72. The quantitative estimate of drug-likeness (QED) is 0.629. The summed E-state index contributed by atoms with van der Waals surface area (Å²) in [7, 11) is 3.25. The minimum absolute atomic E-state index is 0.387. The molecule has 2 aliphatic rings. The third kappa shape index (κ3) is 0.721. The van der Waals surface area contributed by atoms with Crippen molar-refractivity contribution in [3.8, 4) is 0 Å². The Bertz CT molecular complexity index is 178. The Morgan fingerprint density at radius 1 is 1.17 bits per heavy atom. The molecule has 70 valence electrons. The second-order valence-corrected chi connectivity index (χ2v) is 3.88. The van der Waals surface area contributed by atoms with Gasteiger partial charge in [0, 0.05) is 20.1 Å². The monoisotopic (exact) mass is 172 g/mol. The first-order valence-corrected chi connectivity index (χ1v) is 4.51. The number of rotatable bonds is 2. The number of hydrogen-bond donors (Lipinski definition) is 1. The Morgan fingerprint density at radius 3 is 1.83 bits per heavy atom. The first kappa shape index (κ1) is 8.48. The molecule has 0 amide bonds. The van der Waals surface area contributed by atoms with Gasteiger partial charge in [0.05, 0.1) is 0 Å². The zero-order valence-electron chi connectivity index (χ0n) is 7.67. The van der Waals surface area contributed by atoms with E-state index in [4.69, 9.17) is 9.47 Å². The van der Waals surface area contributed by atoms with Gasteiger partial charge in [-0.1, -0.05) is 0 Å². The number of ether oxygens (including phenoxy) is 2. The van der Waals surface area contributed by atoms with Crippen molar-refractivity contribution in [3.63, 3.8) is 0 Å². The van der Waals surface area contributed by atoms with Crippen LogP contribution >= 0.6 is 0 Å². The molecule has 0 aliphatic heterocycles. The molecule has 2 rings (SSSR count). The van der Waals surface area contributed by atoms with Crippen LogP contribution in [0.5, 0.6) is 0 Å². The van der Waals surface area contributed by atoms with Crippen LogP contribution in [-0.2, 0) is 9.47 Å². The molecule has 12 heavy (non-hydrogen) atoms. The van der Waals surface area contributed by atoms with Gasteiger partial charge in [-0.3, -0.25) is 0 Å². The van der Waals surface area contributed by atoms with Crippen LogP contribution in [0.3, 0.4) is 0 Å². The molecule has 3 heteroatoms. The molecule has 2 bridgehead atoms. The van der Waals surface area contributed by atoms with E-state index in [1.807, 2.05) is 0 Å². The van der Waals surface area contributed by atoms with Gasteiger partial charge in [0.2, 0.25) is 0 Å². The Balaban J connectivity index is 2.34. The van der Waals surface area contributed by atoms with Crippen molar-refractivity contribution in [3.05, 3.63) is 0 Å². The summed E-state index contributed by atoms with van der Waals surface area (Å²) in [5.41, 5.74) is -0.721. The van der Waals surface area contributed by atoms with E-state index in [1.54, 1.807) is 14.2 Å². The van der Waals surface area contributed by atoms with E-state index in [0.717, 1.165) is 25.7 Å². The first-order chi connectivity index (χ1) is 5.68. The molecule has 0 aromatic rings. The lowest BCUT2D eigenvalue weighted by molar-refractivity contribution is -0.285. The van der Waals surface area contributed by atoms with Crippen LogP contribution in [-0.4, -0.2) is 30.7 Å². The maximum absolute atomic E-state index is 10.2. The molecule has 0 unspecified atom stereocenters. The zero-order chi connectivity index (χ0) is 8.82. The average molecular weight is 172 g/mol. The van der Waals surface area contributed by atoms with Gasteiger partial charge in [0.25, 0.3) is 0 Å². The highest BCUT2D eigenvalue weighted by molar-refractivity contribution is 5.10. The predicted octanol–water partition coefficient (Wildman–Crippen LogP) is 0.910. The Hall–Kier alpha value is -0.120. The minimum Gasteiger partial charge on any atom is -0.384 e. The predicted molar refractivity (Wildman–Crippen MR) is 43.7 cm³/mol. The summed E-state index contributed by atoms with van der Waals surface area (Å²) < 4.78 is 10.7. The summed E-state index contributed by atoms with van der Waals surface area (Å²) in [6.45, 7) is 0. The van der Waals surface area contributed by atoms with Gasteiger partial charge in [0.1, 0.15) is 5.60 Å². The van der Waals surface area contributed by atoms with E-state index < -0.39 is 11.4 Å². The van der Waals surface area contributed by atoms with Gasteiger partial charge < -0.3 is 14.6 Å². The maximum atomic E-state index is 10.2. The van der Waals surface area contributed by atoms with Gasteiger partial charge in [0.15, 0.2) is 5.79 Å². The summed E-state index contributed by atoms with van der Waals surface area (Å²) in [4.78, 5) is 0. The van der Waals surface area contributed by atoms with Gasteiger partial charge in [-0.05, 0) is 25.7 Å². The molecule has 0 radical (unpaired) electrons. The summed E-state index contributed by atoms with van der Waals surface area (Å²) in [6, 6.07) is 0. The number of aliphatic hydroxyl groups is 1. The molecule has 2 fully saturated rings. The van der Waals surface area contributed by atoms with E-state index in [9.17, 15) is 5.11 Å². The van der Waals surface area contributed by atoms with Crippen molar-refractivity contribution in [2.75, 3.05) is 14.2 Å². The van der Waals surface area contributed by atoms with Crippen LogP contribution in [0.25, 0.3) is 0 Å². The van der Waals surface area contributed by atoms with Crippen molar-refractivity contribution in [2.45, 2.75) is 37.1 Å². The smallest absolute Gasteiger partial charge is 0.199 e. The van der Waals surface area contributed by atoms with Crippen molar-refractivity contribution in [1.29, 1.82) is 0 Å². The van der Waals surface area contributed by atoms with Crippen molar-refractivity contribution in [2.24, 2.45) is 5.92 Å². The van der Waals surface area contributed by atoms with Crippen LogP contribution in [0.2, 0.25) is 0 Å². The van der Waals surface area contributed by atoms with Crippen LogP contribution in [0, 0.1) is 5.92 Å². The number of methoxy groups -OCH3 is 2. The average Bonchev–Trinajstić information content (AvgIpc) is 2.52. The van der Waals surface area contributed by atoms with E-state index in [0.29, 0.717) is 5.92 Å². The SMILES string of the molecule is COC1(OC)C2CCC1(O)CC2. The molecule has 0 aromatic carbocycles. The summed E-state index contributed by atoms with van der Waals surface area (Å²) in [5.74, 6) is -0.315. The molecule has 0 atom stereocenters. The topological polar surface area (TPSA) is 38.7 Å². The van der Waals surface area contributed by atoms with E-state index in [2.05, 4.69) is 0 Å². The molecular weight excluding hydrogens is 156 g/mol. The molecule has 0 saturated heterocycles. The molecule has 1 N–H and O–H groups in total. The van der Waals surface area contributed by atoms with Gasteiger partial charge in [-0.2, -0.15) is 0 Å². The lowest BCUT2D eigenvalue weighted by Gasteiger charge is -2.36. The number of hydrogen-bond acceptors (Lipinski definition) is 3. The summed E-state index contributed by atoms with van der Waals surface area (Å²) in [6.07, 6.45) is 3.69. The zero-order valence-corrected chi connectivity index (χ0v) is 7.67. The van der Waals surface area contributed by atoms with Crippen LogP contribution in [0.4, 0.5) is 0 Å². The third-order valence-electron chi connectivity index (χ3n) is 3.61. The maximum Gasteiger partial charge on any atom is 0.199 e. The second-order valence-electron chi connectivity index (χ2n) is 3.88. The van der Waals surface area contributed by atoms with Gasteiger partial charge in [-0.25, -0.2) is 0 Å². The molecule has 0 spiro atoms. The lowest BCUT2D eigenvalue weighted by Crippen LogP contribution is -2.51. The van der Waals surface area contributed by atoms with Crippen molar-refractivity contribution >= 4 is 0 Å². The van der Waals surface area contributed by atoms with E-state index >= 15 is 0 Å². The normalized spacial score (nSPS) is 43.8. The fourth-order valence-electron chi connectivity index (χ4n) is 3.00. The minimum atomic E-state index is -0.721. The number of fused-ring (bicyclic) bond motifs is 2. The van der Waals surface area contributed by atoms with Crippen LogP contribution < -0.4 is 0 Å². The van der Waals surface area contributed by atoms with Gasteiger partial charge >= 0.3 is 0 Å². The fraction of sp³-hybridized carbons (Fsp3) is 1.00. The largest absolute Gasteiger partial charge is 0.384 e. The molecule has 0 aromatic heterocycles. The second kappa shape index (κ2) is 2.44. The lowest BCUT2D eigenvalue weighted by atomic mass is 9.96. The highest BCUT2D eigenvalue weighted by Crippen LogP contribution is 2.56. The standard InChI is InChI=1S/C9H16O3/c1-11-9(12-2)7-3-5-8(9,10)6-4-7/h7,10H,3-6H2,1-2H3. The van der Waals surface area contributed by atoms with Crippen LogP contribution in [0.1, 0.15) is 25.7 Å². The highest BCUT2D eigenvalue weighted by Gasteiger charge is 2.65. The fourth-order valence-corrected chi connectivity index (χ4v) is 3.00. The molecular formula is C9H16O3. The first-order valence-electron chi connectivity index (χ1n) is 4.51. The van der Waals surface area contributed by atoms with Crippen molar-refractivity contribution in [1.82, 2.24) is 0 Å². The molecule has 2 saturated carbocycles. The molecule has 3 nitrogen and oxygen atoms in total. The van der Waals surface area contributed by atoms with Crippen LogP contribution in [0.15, 0.2) is 0 Å². The molecule has 0 heterocycles. The summed E-state index contributed by atoms with van der Waals surface area (Å²) in [5, 5.41) is 10.2. The summed E-state index contributed by atoms with van der Waals surface area (Å²) >= 11 is 0. The van der Waals surface area contributed by atoms with Gasteiger partial charge in [-0.15, -0.1) is 0 Å². The third-order valence-corrected chi connectivity index (χ3v) is 3.61. The Morgan fingerprint density at radius 2 is 1.67 bits per heavy atom. The van der Waals surface area contributed by atoms with E-state index in [1.165, 1.54) is 0 Å². The Labute approximate surface area is 72.7 Å². The van der Waals surface area contributed by atoms with Crippen molar-refractivity contribution < 1.29 is 14.6 Å². The van der Waals surface area contributed by atoms with E-state index in [-0.39, 0.29) is 0 Å². The molecule has 2 aliphatic carbocycles. The highest BCUT2D eigenvalue weighted by atomic mass is 16.7.